The van der Waals surface area contributed by atoms with Crippen LogP contribution >= 0.6 is 0 Å². The molecule has 1 atom stereocenters. The predicted molar refractivity (Wildman–Crippen MR) is 121 cm³/mol. The number of aromatic hydroxyl groups is 1. The summed E-state index contributed by atoms with van der Waals surface area (Å²) in [6, 6.07) is 10.9. The highest BCUT2D eigenvalue weighted by molar-refractivity contribution is 5.97. The lowest BCUT2D eigenvalue weighted by atomic mass is 9.81. The summed E-state index contributed by atoms with van der Waals surface area (Å²) in [5, 5.41) is 15.0. The van der Waals surface area contributed by atoms with Crippen LogP contribution in [-0.4, -0.2) is 52.2 Å². The molecule has 0 aromatic heterocycles. The van der Waals surface area contributed by atoms with Gasteiger partial charge in [0.15, 0.2) is 11.6 Å². The van der Waals surface area contributed by atoms with Crippen LogP contribution in [0.2, 0.25) is 0 Å². The fourth-order valence-corrected chi connectivity index (χ4v) is 4.95. The third-order valence-corrected chi connectivity index (χ3v) is 6.63. The molecule has 1 unspecified atom stereocenters. The van der Waals surface area contributed by atoms with Gasteiger partial charge in [-0.2, -0.15) is 0 Å². The molecular weight excluding hydrogens is 406 g/mol. The molecule has 0 bridgehead atoms. The maximum Gasteiger partial charge on any atom is 0.163 e. The molecule has 32 heavy (non-hydrogen) atoms. The van der Waals surface area contributed by atoms with E-state index >= 15 is 0 Å². The van der Waals surface area contributed by atoms with Crippen molar-refractivity contribution in [1.82, 2.24) is 10.0 Å². The number of fused-ring (bicyclic) bond motifs is 5. The Morgan fingerprint density at radius 3 is 2.44 bits per heavy atom. The van der Waals surface area contributed by atoms with Gasteiger partial charge in [0, 0.05) is 29.4 Å². The third-order valence-electron chi connectivity index (χ3n) is 6.63. The van der Waals surface area contributed by atoms with Crippen molar-refractivity contribution in [1.29, 1.82) is 0 Å². The Morgan fingerprint density at radius 1 is 1.06 bits per heavy atom. The molecule has 1 saturated heterocycles. The lowest BCUT2D eigenvalue weighted by Gasteiger charge is -2.48. The maximum absolute atomic E-state index is 12.1. The van der Waals surface area contributed by atoms with Crippen LogP contribution in [0.5, 0.6) is 11.5 Å². The van der Waals surface area contributed by atoms with Gasteiger partial charge in [0.05, 0.1) is 24.9 Å². The standard InChI is InChI=1S/C25H27N3O4/c1-15(29)17-5-7-18(8-6-17)26-13-27-10-9-21-24(28(27)14-26)20-11-19(16(2)30)22(31)12-23(20)32-25(21,3)4/h5-9,11-12,24,31H,10,13-14H2,1-4H3. The zero-order chi connectivity index (χ0) is 22.8. The second kappa shape index (κ2) is 7.18. The topological polar surface area (TPSA) is 73.3 Å². The largest absolute Gasteiger partial charge is 0.507 e. The molecular formula is C25H27N3O4. The van der Waals surface area contributed by atoms with Crippen molar-refractivity contribution < 1.29 is 19.4 Å². The van der Waals surface area contributed by atoms with E-state index in [1.165, 1.54) is 6.92 Å². The van der Waals surface area contributed by atoms with Gasteiger partial charge in [0.2, 0.25) is 0 Å². The van der Waals surface area contributed by atoms with Crippen LogP contribution < -0.4 is 9.64 Å². The zero-order valence-electron chi connectivity index (χ0n) is 18.8. The van der Waals surface area contributed by atoms with Gasteiger partial charge in [-0.15, -0.1) is 0 Å². The monoisotopic (exact) mass is 433 g/mol. The minimum absolute atomic E-state index is 0.0542. The minimum Gasteiger partial charge on any atom is -0.507 e. The second-order valence-electron chi connectivity index (χ2n) is 9.19. The molecule has 2 aromatic rings. The van der Waals surface area contributed by atoms with E-state index in [1.54, 1.807) is 19.1 Å². The van der Waals surface area contributed by atoms with E-state index in [4.69, 9.17) is 4.74 Å². The summed E-state index contributed by atoms with van der Waals surface area (Å²) in [5.74, 6) is 0.423. The first-order valence-corrected chi connectivity index (χ1v) is 10.8. The lowest BCUT2D eigenvalue weighted by molar-refractivity contribution is -0.0297. The van der Waals surface area contributed by atoms with Gasteiger partial charge < -0.3 is 14.7 Å². The molecule has 1 fully saturated rings. The normalized spacial score (nSPS) is 21.8. The number of ketones is 2. The molecule has 5 rings (SSSR count). The molecule has 0 spiro atoms. The number of phenolic OH excluding ortho intramolecular Hbond substituents is 1. The van der Waals surface area contributed by atoms with Crippen LogP contribution in [-0.2, 0) is 0 Å². The summed E-state index contributed by atoms with van der Waals surface area (Å²) in [7, 11) is 0. The fourth-order valence-electron chi connectivity index (χ4n) is 4.95. The Morgan fingerprint density at radius 2 is 1.78 bits per heavy atom. The maximum atomic E-state index is 12.1. The highest BCUT2D eigenvalue weighted by Gasteiger charge is 2.48. The summed E-state index contributed by atoms with van der Waals surface area (Å²) in [6.07, 6.45) is 2.22. The summed E-state index contributed by atoms with van der Waals surface area (Å²) in [4.78, 5) is 26.0. The molecule has 0 aliphatic carbocycles. The second-order valence-corrected chi connectivity index (χ2v) is 9.19. The number of hydrogen-bond donors (Lipinski definition) is 1. The van der Waals surface area contributed by atoms with Crippen molar-refractivity contribution in [3.63, 3.8) is 0 Å². The van der Waals surface area contributed by atoms with Crippen LogP contribution in [0.4, 0.5) is 5.69 Å². The van der Waals surface area contributed by atoms with E-state index in [-0.39, 0.29) is 23.4 Å². The number of phenols is 1. The number of benzene rings is 2. The number of carbonyl (C=O) groups is 2. The Labute approximate surface area is 187 Å². The number of hydrazine groups is 1. The van der Waals surface area contributed by atoms with Gasteiger partial charge >= 0.3 is 0 Å². The minimum atomic E-state index is -0.537. The molecule has 3 aliphatic rings. The number of rotatable bonds is 3. The van der Waals surface area contributed by atoms with E-state index in [9.17, 15) is 14.7 Å². The summed E-state index contributed by atoms with van der Waals surface area (Å²) in [5.41, 5.74) is 3.55. The first-order chi connectivity index (χ1) is 15.2. The quantitative estimate of drug-likeness (QED) is 0.581. The van der Waals surface area contributed by atoms with Crippen LogP contribution in [0.3, 0.4) is 0 Å². The fraction of sp³-hybridized carbons (Fsp3) is 0.360. The molecule has 3 heterocycles. The molecule has 7 nitrogen and oxygen atoms in total. The first-order valence-electron chi connectivity index (χ1n) is 10.8. The van der Waals surface area contributed by atoms with E-state index in [0.717, 1.165) is 23.4 Å². The Bertz CT molecular complexity index is 1150. The van der Waals surface area contributed by atoms with Gasteiger partial charge in [-0.25, -0.2) is 10.0 Å². The van der Waals surface area contributed by atoms with E-state index < -0.39 is 5.60 Å². The number of anilines is 1. The summed E-state index contributed by atoms with van der Waals surface area (Å²) in [6.45, 7) is 9.24. The first kappa shape index (κ1) is 20.7. The summed E-state index contributed by atoms with van der Waals surface area (Å²) < 4.78 is 6.27. The average molecular weight is 434 g/mol. The lowest BCUT2D eigenvalue weighted by Crippen LogP contribution is -2.51. The van der Waals surface area contributed by atoms with Gasteiger partial charge in [-0.3, -0.25) is 9.59 Å². The van der Waals surface area contributed by atoms with Gasteiger partial charge in [0.25, 0.3) is 0 Å². The van der Waals surface area contributed by atoms with Crippen molar-refractivity contribution in [2.45, 2.75) is 39.3 Å². The van der Waals surface area contributed by atoms with Crippen molar-refractivity contribution >= 4 is 17.3 Å². The Hall–Kier alpha value is -3.16. The number of hydrogen-bond acceptors (Lipinski definition) is 7. The molecule has 1 N–H and O–H groups in total. The van der Waals surface area contributed by atoms with Gasteiger partial charge in [-0.1, -0.05) is 6.08 Å². The predicted octanol–water partition coefficient (Wildman–Crippen LogP) is 3.90. The molecule has 7 heteroatoms. The molecule has 166 valence electrons. The van der Waals surface area contributed by atoms with Crippen LogP contribution in [0.15, 0.2) is 48.0 Å². The third kappa shape index (κ3) is 3.20. The Balaban J connectivity index is 1.54. The van der Waals surface area contributed by atoms with E-state index in [0.29, 0.717) is 30.2 Å². The number of nitrogens with zero attached hydrogens (tertiary/aromatic N) is 3. The Kier molecular flexibility index (Phi) is 4.65. The highest BCUT2D eigenvalue weighted by atomic mass is 16.5. The van der Waals surface area contributed by atoms with Crippen LogP contribution in [0.1, 0.15) is 60.0 Å². The van der Waals surface area contributed by atoms with E-state index in [2.05, 4.69) is 21.0 Å². The van der Waals surface area contributed by atoms with Crippen LogP contribution in [0.25, 0.3) is 0 Å². The van der Waals surface area contributed by atoms with Crippen molar-refractivity contribution in [2.24, 2.45) is 0 Å². The van der Waals surface area contributed by atoms with Gasteiger partial charge in [-0.05, 0) is 63.6 Å². The number of Topliss-reactive ketones (excluding diaryl/α,β-unsaturated/α-hetero) is 2. The molecule has 0 radical (unpaired) electrons. The smallest absolute Gasteiger partial charge is 0.163 e. The summed E-state index contributed by atoms with van der Waals surface area (Å²) >= 11 is 0. The van der Waals surface area contributed by atoms with Crippen LogP contribution in [0, 0.1) is 0 Å². The van der Waals surface area contributed by atoms with Crippen molar-refractivity contribution in [3.8, 4) is 11.5 Å². The SMILES string of the molecule is CC(=O)c1ccc(N2CN3CC=C4C(c5cc(C(C)=O)c(O)cc5OC4(C)C)N3C2)cc1. The molecule has 0 amide bonds. The number of ether oxygens (including phenoxy) is 1. The molecule has 2 aromatic carbocycles. The highest BCUT2D eigenvalue weighted by Crippen LogP contribution is 2.50. The number of carbonyl (C=O) groups excluding carboxylic acids is 2. The van der Waals surface area contributed by atoms with Crippen molar-refractivity contribution in [3.05, 3.63) is 64.7 Å². The van der Waals surface area contributed by atoms with E-state index in [1.807, 2.05) is 38.1 Å². The van der Waals surface area contributed by atoms with Crippen molar-refractivity contribution in [2.75, 3.05) is 24.8 Å². The van der Waals surface area contributed by atoms with Gasteiger partial charge in [0.1, 0.15) is 17.1 Å². The average Bonchev–Trinajstić information content (AvgIpc) is 3.17. The zero-order valence-corrected chi connectivity index (χ0v) is 18.8. The molecule has 3 aliphatic heterocycles. The molecule has 0 saturated carbocycles.